The summed E-state index contributed by atoms with van der Waals surface area (Å²) in [5.41, 5.74) is 30.3. The largest absolute Gasteiger partial charge is 0.468 e. The molecule has 3 aromatic heterocycles. The van der Waals surface area contributed by atoms with E-state index in [0.717, 1.165) is 109 Å². The second-order valence-electron chi connectivity index (χ2n) is 33.1. The third kappa shape index (κ3) is 8.05. The van der Waals surface area contributed by atoms with Crippen LogP contribution in [0.25, 0.3) is 71.5 Å². The molecule has 2 fully saturated rings. The molecular formula is C91H81BN4O2. The van der Waals surface area contributed by atoms with Crippen LogP contribution in [-0.4, -0.2) is 11.3 Å². The Balaban J connectivity index is 0.940. The minimum atomic E-state index is -0.323. The van der Waals surface area contributed by atoms with Gasteiger partial charge in [0, 0.05) is 72.0 Å². The van der Waals surface area contributed by atoms with E-state index >= 15 is 0 Å². The second kappa shape index (κ2) is 20.1. The zero-order valence-corrected chi connectivity index (χ0v) is 57.9. The molecule has 5 heterocycles. The summed E-state index contributed by atoms with van der Waals surface area (Å²) < 4.78 is 17.5. The Morgan fingerprint density at radius 3 is 1.85 bits per heavy atom. The molecule has 0 radical (unpaired) electrons. The number of para-hydroxylation sites is 4. The zero-order chi connectivity index (χ0) is 66.3. The molecule has 0 amide bonds. The van der Waals surface area contributed by atoms with Crippen LogP contribution in [0, 0.1) is 11.8 Å². The number of benzene rings is 11. The van der Waals surface area contributed by atoms with Crippen molar-refractivity contribution in [1.29, 1.82) is 0 Å². The Bertz CT molecular complexity index is 5690. The monoisotopic (exact) mass is 1270 g/mol. The van der Waals surface area contributed by atoms with Crippen LogP contribution in [0.1, 0.15) is 141 Å². The normalized spacial score (nSPS) is 19.2. The van der Waals surface area contributed by atoms with E-state index in [1.165, 1.54) is 109 Å². The molecule has 0 N–H and O–H groups in total. The number of hydrogen-bond acceptors (Lipinski definition) is 5. The molecule has 98 heavy (non-hydrogen) atoms. The molecular weight excluding hydrogens is 1190 g/mol. The smallest absolute Gasteiger partial charge is 0.297 e. The average Bonchev–Trinajstić information content (AvgIpc) is 1.39. The van der Waals surface area contributed by atoms with E-state index < -0.39 is 0 Å². The molecule has 2 aliphatic heterocycles. The summed E-state index contributed by atoms with van der Waals surface area (Å²) in [6, 6.07) is 86.5. The van der Waals surface area contributed by atoms with E-state index in [1.54, 1.807) is 0 Å². The molecule has 11 aromatic carbocycles. The standard InChI is InChI=1S/C91H81BN4O2/c1-87(2,3)55-35-38-58(39-36-55)93(76-31-19-25-65-64-23-14-18-32-80(64)97-85(65)76)60-41-43-72-77(50-60)96(75-30-20-27-70-82(75)66-24-11-15-26-68(66)91(70)53-54-33-34-57(91)47-54)79-52-61(94-73-28-16-12-21-62(73)63-22-13-17-29-74(63)94)51-78-83(79)92(72)86-84(67-48-56(88(4,5)6)37-44-81(67)98-86)95(78)59-40-42-69-71(49-59)90(9,10)46-45-89(69,7)8/h11-32,35-44,48-52,54,57H,33-34,45-47,53H2,1-10H3. The van der Waals surface area contributed by atoms with Crippen LogP contribution in [0.3, 0.4) is 0 Å². The predicted octanol–water partition coefficient (Wildman–Crippen LogP) is 23.0. The third-order valence-corrected chi connectivity index (χ3v) is 24.6. The summed E-state index contributed by atoms with van der Waals surface area (Å²) in [5.74, 6) is 1.31. The lowest BCUT2D eigenvalue weighted by Crippen LogP contribution is -2.61. The molecule has 4 aliphatic carbocycles. The van der Waals surface area contributed by atoms with Gasteiger partial charge in [-0.2, -0.15) is 0 Å². The van der Waals surface area contributed by atoms with Gasteiger partial charge in [-0.1, -0.05) is 209 Å². The van der Waals surface area contributed by atoms with Crippen LogP contribution in [-0.2, 0) is 27.1 Å². The number of rotatable bonds is 6. The van der Waals surface area contributed by atoms with Crippen molar-refractivity contribution in [3.63, 3.8) is 0 Å². The summed E-state index contributed by atoms with van der Waals surface area (Å²) in [6.45, 7) is 23.4. The van der Waals surface area contributed by atoms with Crippen LogP contribution in [0.4, 0.5) is 51.2 Å². The van der Waals surface area contributed by atoms with Crippen LogP contribution >= 0.6 is 0 Å². The first-order valence-corrected chi connectivity index (χ1v) is 36.0. The molecule has 3 unspecified atom stereocenters. The Morgan fingerprint density at radius 1 is 0.469 bits per heavy atom. The number of furan rings is 2. The quantitative estimate of drug-likeness (QED) is 0.155. The SMILES string of the molecule is CC(C)(C)c1ccc(N(c2ccc3c(c2)N(c2cccc4c2-c2ccccc2C42CC4CCC2C4)c2cc(-n4c5ccccc5c5ccccc54)cc4c2B3c2oc3ccc(C(C)(C)C)cc3c2N4c2ccc3c(c2)C(C)(C)CCC3(C)C)c2cccc3c2oc2ccccc23)cc1. The maximum Gasteiger partial charge on any atom is 0.297 e. The molecule has 2 bridgehead atoms. The van der Waals surface area contributed by atoms with Gasteiger partial charge in [0.25, 0.3) is 6.71 Å². The number of nitrogens with zero attached hydrogens (tertiary/aromatic N) is 4. The van der Waals surface area contributed by atoms with Gasteiger partial charge in [-0.25, -0.2) is 0 Å². The molecule has 1 spiro atoms. The van der Waals surface area contributed by atoms with Gasteiger partial charge in [0.15, 0.2) is 5.58 Å². The fourth-order valence-electron chi connectivity index (χ4n) is 19.7. The van der Waals surface area contributed by atoms with Gasteiger partial charge < -0.3 is 28.1 Å². The number of anilines is 9. The van der Waals surface area contributed by atoms with Crippen LogP contribution in [0.5, 0.6) is 0 Å². The van der Waals surface area contributed by atoms with Gasteiger partial charge in [-0.15, -0.1) is 0 Å². The summed E-state index contributed by atoms with van der Waals surface area (Å²) in [5, 5.41) is 5.78. The molecule has 480 valence electrons. The maximum atomic E-state index is 7.82. The topological polar surface area (TPSA) is 40.9 Å². The van der Waals surface area contributed by atoms with Gasteiger partial charge in [0.1, 0.15) is 11.2 Å². The Hall–Kier alpha value is -9.98. The Kier molecular flexibility index (Phi) is 11.9. The van der Waals surface area contributed by atoms with E-state index in [2.05, 4.69) is 313 Å². The van der Waals surface area contributed by atoms with Gasteiger partial charge >= 0.3 is 0 Å². The van der Waals surface area contributed by atoms with Crippen molar-refractivity contribution < 1.29 is 8.83 Å². The highest BCUT2D eigenvalue weighted by Gasteiger charge is 2.58. The molecule has 20 rings (SSSR count). The van der Waals surface area contributed by atoms with E-state index in [4.69, 9.17) is 8.83 Å². The lowest BCUT2D eigenvalue weighted by molar-refractivity contribution is 0.327. The summed E-state index contributed by atoms with van der Waals surface area (Å²) >= 11 is 0. The Labute approximate surface area is 575 Å². The van der Waals surface area contributed by atoms with E-state index in [9.17, 15) is 0 Å². The summed E-state index contributed by atoms with van der Waals surface area (Å²) in [7, 11) is 0. The lowest BCUT2D eigenvalue weighted by Gasteiger charge is -2.45. The minimum Gasteiger partial charge on any atom is -0.468 e. The van der Waals surface area contributed by atoms with Gasteiger partial charge in [-0.05, 0) is 206 Å². The molecule has 6 nitrogen and oxygen atoms in total. The highest BCUT2D eigenvalue weighted by atomic mass is 16.3. The van der Waals surface area contributed by atoms with Crippen molar-refractivity contribution in [1.82, 2.24) is 4.57 Å². The van der Waals surface area contributed by atoms with Crippen LogP contribution in [0.15, 0.2) is 233 Å². The van der Waals surface area contributed by atoms with Crippen molar-refractivity contribution in [3.8, 4) is 16.8 Å². The predicted molar refractivity (Wildman–Crippen MR) is 411 cm³/mol. The third-order valence-electron chi connectivity index (χ3n) is 24.6. The fraction of sp³-hybridized carbons (Fsp3) is 0.253. The van der Waals surface area contributed by atoms with E-state index in [1.807, 2.05) is 0 Å². The number of hydrogen-bond donors (Lipinski definition) is 0. The zero-order valence-electron chi connectivity index (χ0n) is 57.9. The molecule has 2 saturated carbocycles. The number of aromatic nitrogens is 1. The van der Waals surface area contributed by atoms with Crippen molar-refractivity contribution >= 4 is 129 Å². The fourth-order valence-corrected chi connectivity index (χ4v) is 19.7. The summed E-state index contributed by atoms with van der Waals surface area (Å²) in [4.78, 5) is 7.85. The highest BCUT2D eigenvalue weighted by Crippen LogP contribution is 2.68. The first-order valence-electron chi connectivity index (χ1n) is 36.0. The molecule has 6 aliphatic rings. The van der Waals surface area contributed by atoms with E-state index in [0.29, 0.717) is 5.92 Å². The first-order chi connectivity index (χ1) is 47.3. The first kappa shape index (κ1) is 58.2. The molecule has 0 saturated heterocycles. The molecule has 14 aromatic rings. The summed E-state index contributed by atoms with van der Waals surface area (Å²) in [6.07, 6.45) is 7.33. The lowest BCUT2D eigenvalue weighted by atomic mass is 9.35. The molecule has 7 heteroatoms. The van der Waals surface area contributed by atoms with Crippen molar-refractivity contribution in [2.75, 3.05) is 14.7 Å². The van der Waals surface area contributed by atoms with Gasteiger partial charge in [-0.3, -0.25) is 0 Å². The number of fused-ring (bicyclic) bond motifs is 21. The van der Waals surface area contributed by atoms with Crippen LogP contribution < -0.4 is 31.3 Å². The van der Waals surface area contributed by atoms with Gasteiger partial charge in [0.05, 0.1) is 39.4 Å². The molecule has 3 atom stereocenters. The highest BCUT2D eigenvalue weighted by molar-refractivity contribution is 7.00. The van der Waals surface area contributed by atoms with Gasteiger partial charge in [0.2, 0.25) is 0 Å². The van der Waals surface area contributed by atoms with Crippen molar-refractivity contribution in [3.05, 3.63) is 258 Å². The van der Waals surface area contributed by atoms with Crippen molar-refractivity contribution in [2.24, 2.45) is 11.8 Å². The minimum absolute atomic E-state index is 0.0272. The Morgan fingerprint density at radius 2 is 1.11 bits per heavy atom. The van der Waals surface area contributed by atoms with Crippen molar-refractivity contribution in [2.45, 2.75) is 135 Å². The van der Waals surface area contributed by atoms with Crippen LogP contribution in [0.2, 0.25) is 0 Å². The van der Waals surface area contributed by atoms with E-state index in [-0.39, 0.29) is 33.8 Å². The maximum absolute atomic E-state index is 7.82. The second-order valence-corrected chi connectivity index (χ2v) is 33.1. The average molecular weight is 1270 g/mol.